The van der Waals surface area contributed by atoms with Crippen molar-refractivity contribution in [3.05, 3.63) is 58.5 Å². The lowest BCUT2D eigenvalue weighted by atomic mass is 9.94. The van der Waals surface area contributed by atoms with Gasteiger partial charge in [-0.05, 0) is 42.2 Å². The molecule has 0 fully saturated rings. The minimum absolute atomic E-state index is 0.693. The lowest BCUT2D eigenvalue weighted by Gasteiger charge is -2.13. The van der Waals surface area contributed by atoms with Crippen LogP contribution in [0.3, 0.4) is 0 Å². The fourth-order valence-corrected chi connectivity index (χ4v) is 3.97. The van der Waals surface area contributed by atoms with Crippen molar-refractivity contribution in [2.45, 2.75) is 12.8 Å². The third kappa shape index (κ3) is 3.03. The molecule has 0 aliphatic heterocycles. The molecule has 5 heteroatoms. The first-order valence-electron chi connectivity index (χ1n) is 8.12. The molecule has 25 heavy (non-hydrogen) atoms. The first kappa shape index (κ1) is 15.8. The van der Waals surface area contributed by atoms with E-state index in [9.17, 15) is 0 Å². The molecule has 1 aliphatic carbocycles. The molecule has 0 radical (unpaired) electrons. The molecule has 0 saturated heterocycles. The molecule has 1 heterocycles. The Morgan fingerprint density at radius 1 is 1.04 bits per heavy atom. The summed E-state index contributed by atoms with van der Waals surface area (Å²) in [6.45, 7) is 0. The maximum Gasteiger partial charge on any atom is 0.209 e. The van der Waals surface area contributed by atoms with E-state index in [4.69, 9.17) is 14.5 Å². The van der Waals surface area contributed by atoms with Crippen molar-refractivity contribution in [1.82, 2.24) is 4.98 Å². The van der Waals surface area contributed by atoms with Crippen LogP contribution in [-0.2, 0) is 12.8 Å². The minimum Gasteiger partial charge on any atom is -0.493 e. The fraction of sp³-hybridized carbons (Fsp3) is 0.200. The zero-order valence-corrected chi connectivity index (χ0v) is 15.0. The van der Waals surface area contributed by atoms with Gasteiger partial charge in [-0.1, -0.05) is 35.6 Å². The number of benzene rings is 2. The highest BCUT2D eigenvalue weighted by Crippen LogP contribution is 2.38. The van der Waals surface area contributed by atoms with Crippen molar-refractivity contribution in [2.75, 3.05) is 14.2 Å². The van der Waals surface area contributed by atoms with Gasteiger partial charge >= 0.3 is 0 Å². The summed E-state index contributed by atoms with van der Waals surface area (Å²) in [4.78, 5) is 10.6. The van der Waals surface area contributed by atoms with Crippen LogP contribution in [0.1, 0.15) is 16.0 Å². The highest BCUT2D eigenvalue weighted by Gasteiger charge is 2.20. The molecule has 0 amide bonds. The SMILES string of the molecule is COc1ccc(/C=N/c2nc3c(s2)CCc2ccccc2-3)cc1OC. The molecule has 1 aliphatic rings. The normalized spacial score (nSPS) is 12.7. The van der Waals surface area contributed by atoms with E-state index in [1.165, 1.54) is 16.0 Å². The predicted molar refractivity (Wildman–Crippen MR) is 102 cm³/mol. The molecule has 0 saturated carbocycles. The van der Waals surface area contributed by atoms with Gasteiger partial charge in [0.2, 0.25) is 5.13 Å². The molecule has 4 rings (SSSR count). The van der Waals surface area contributed by atoms with Gasteiger partial charge < -0.3 is 9.47 Å². The van der Waals surface area contributed by atoms with Crippen LogP contribution in [0, 0.1) is 0 Å². The van der Waals surface area contributed by atoms with Gasteiger partial charge in [-0.25, -0.2) is 9.98 Å². The number of thiazole rings is 1. The Hall–Kier alpha value is -2.66. The molecule has 3 aromatic rings. The van der Waals surface area contributed by atoms with E-state index >= 15 is 0 Å². The zero-order valence-electron chi connectivity index (χ0n) is 14.2. The summed E-state index contributed by atoms with van der Waals surface area (Å²) in [5.41, 5.74) is 4.65. The molecule has 4 nitrogen and oxygen atoms in total. The minimum atomic E-state index is 0.693. The number of hydrogen-bond acceptors (Lipinski definition) is 5. The number of methoxy groups -OCH3 is 2. The predicted octanol–water partition coefficient (Wildman–Crippen LogP) is 4.68. The monoisotopic (exact) mass is 350 g/mol. The maximum absolute atomic E-state index is 5.33. The van der Waals surface area contributed by atoms with Crippen molar-refractivity contribution in [3.63, 3.8) is 0 Å². The number of hydrogen-bond donors (Lipinski definition) is 0. The van der Waals surface area contributed by atoms with Gasteiger partial charge in [0.05, 0.1) is 19.9 Å². The van der Waals surface area contributed by atoms with E-state index in [0.717, 1.165) is 29.2 Å². The van der Waals surface area contributed by atoms with E-state index in [0.29, 0.717) is 11.5 Å². The van der Waals surface area contributed by atoms with Crippen LogP contribution in [0.25, 0.3) is 11.3 Å². The second-order valence-corrected chi connectivity index (χ2v) is 6.86. The second-order valence-electron chi connectivity index (χ2n) is 5.80. The van der Waals surface area contributed by atoms with Crippen molar-refractivity contribution < 1.29 is 9.47 Å². The number of ether oxygens (including phenoxy) is 2. The number of aliphatic imine (C=N–C) groups is 1. The smallest absolute Gasteiger partial charge is 0.209 e. The molecule has 0 unspecified atom stereocenters. The number of nitrogens with zero attached hydrogens (tertiary/aromatic N) is 2. The Morgan fingerprint density at radius 3 is 2.72 bits per heavy atom. The van der Waals surface area contributed by atoms with Gasteiger partial charge in [-0.2, -0.15) is 0 Å². The number of aryl methyl sites for hydroxylation is 2. The molecular formula is C20H18N2O2S. The summed E-state index contributed by atoms with van der Waals surface area (Å²) in [7, 11) is 3.26. The molecular weight excluding hydrogens is 332 g/mol. The average Bonchev–Trinajstić information content (AvgIpc) is 3.09. The molecule has 0 spiro atoms. The summed E-state index contributed by atoms with van der Waals surface area (Å²) in [5, 5.41) is 0.788. The topological polar surface area (TPSA) is 43.7 Å². The number of fused-ring (bicyclic) bond motifs is 3. The Balaban J connectivity index is 1.63. The van der Waals surface area contributed by atoms with Crippen molar-refractivity contribution in [3.8, 4) is 22.8 Å². The van der Waals surface area contributed by atoms with Crippen LogP contribution >= 0.6 is 11.3 Å². The van der Waals surface area contributed by atoms with Gasteiger partial charge in [0, 0.05) is 16.7 Å². The van der Waals surface area contributed by atoms with Gasteiger partial charge in [0.15, 0.2) is 11.5 Å². The van der Waals surface area contributed by atoms with Gasteiger partial charge in [0.25, 0.3) is 0 Å². The molecule has 0 N–H and O–H groups in total. The molecule has 0 bridgehead atoms. The van der Waals surface area contributed by atoms with E-state index in [2.05, 4.69) is 29.3 Å². The standard InChI is InChI=1S/C20H18N2O2S/c1-23-16-9-7-13(11-17(16)24-2)12-21-20-22-19-15-6-4-3-5-14(15)8-10-18(19)25-20/h3-7,9,11-12H,8,10H2,1-2H3/b21-12+. The first-order chi connectivity index (χ1) is 12.3. The third-order valence-corrected chi connectivity index (χ3v) is 5.33. The Kier molecular flexibility index (Phi) is 4.24. The van der Waals surface area contributed by atoms with Gasteiger partial charge in [-0.3, -0.25) is 0 Å². The molecule has 126 valence electrons. The highest BCUT2D eigenvalue weighted by atomic mass is 32.1. The van der Waals surface area contributed by atoms with Crippen LogP contribution in [0.2, 0.25) is 0 Å². The number of rotatable bonds is 4. The van der Waals surface area contributed by atoms with Gasteiger partial charge in [0.1, 0.15) is 0 Å². The fourth-order valence-electron chi connectivity index (χ4n) is 3.05. The first-order valence-corrected chi connectivity index (χ1v) is 8.94. The van der Waals surface area contributed by atoms with E-state index < -0.39 is 0 Å². The molecule has 1 aromatic heterocycles. The van der Waals surface area contributed by atoms with E-state index in [1.54, 1.807) is 25.6 Å². The van der Waals surface area contributed by atoms with E-state index in [1.807, 2.05) is 24.4 Å². The van der Waals surface area contributed by atoms with Gasteiger partial charge in [-0.15, -0.1) is 0 Å². The highest BCUT2D eigenvalue weighted by molar-refractivity contribution is 7.15. The lowest BCUT2D eigenvalue weighted by Crippen LogP contribution is -2.01. The van der Waals surface area contributed by atoms with E-state index in [-0.39, 0.29) is 0 Å². The Labute approximate surface area is 150 Å². The molecule has 2 aromatic carbocycles. The maximum atomic E-state index is 5.33. The third-order valence-electron chi connectivity index (χ3n) is 4.31. The van der Waals surface area contributed by atoms with Crippen LogP contribution in [0.4, 0.5) is 5.13 Å². The van der Waals surface area contributed by atoms with Crippen molar-refractivity contribution in [2.24, 2.45) is 4.99 Å². The van der Waals surface area contributed by atoms with Crippen molar-refractivity contribution in [1.29, 1.82) is 0 Å². The van der Waals surface area contributed by atoms with Crippen LogP contribution in [0.5, 0.6) is 11.5 Å². The van der Waals surface area contributed by atoms with Crippen LogP contribution in [0.15, 0.2) is 47.5 Å². The van der Waals surface area contributed by atoms with Crippen molar-refractivity contribution >= 4 is 22.7 Å². The second kappa shape index (κ2) is 6.69. The Morgan fingerprint density at radius 2 is 1.88 bits per heavy atom. The summed E-state index contributed by atoms with van der Waals surface area (Å²) < 4.78 is 10.6. The summed E-state index contributed by atoms with van der Waals surface area (Å²) in [6, 6.07) is 14.2. The van der Waals surface area contributed by atoms with Crippen LogP contribution < -0.4 is 9.47 Å². The van der Waals surface area contributed by atoms with Crippen LogP contribution in [-0.4, -0.2) is 25.4 Å². The summed E-state index contributed by atoms with van der Waals surface area (Å²) >= 11 is 1.67. The summed E-state index contributed by atoms with van der Waals surface area (Å²) in [6.07, 6.45) is 3.93. The average molecular weight is 350 g/mol. The quantitative estimate of drug-likeness (QED) is 0.642. The summed E-state index contributed by atoms with van der Waals surface area (Å²) in [5.74, 6) is 1.40. The Bertz CT molecular complexity index is 947. The molecule has 0 atom stereocenters. The zero-order chi connectivity index (χ0) is 17.2. The lowest BCUT2D eigenvalue weighted by molar-refractivity contribution is 0.355. The number of aromatic nitrogens is 1. The largest absolute Gasteiger partial charge is 0.493 e.